The molecule has 0 saturated carbocycles. The predicted molar refractivity (Wildman–Crippen MR) is 145 cm³/mol. The van der Waals surface area contributed by atoms with Gasteiger partial charge in [0.25, 0.3) is 0 Å². The Morgan fingerprint density at radius 1 is 0.919 bits per heavy atom. The van der Waals surface area contributed by atoms with E-state index in [1.807, 2.05) is 0 Å². The molecule has 2 aromatic rings. The number of carbonyl (C=O) groups excluding carboxylic acids is 2. The highest BCUT2D eigenvalue weighted by molar-refractivity contribution is 8.79. The lowest BCUT2D eigenvalue weighted by Gasteiger charge is -2.22. The van der Waals surface area contributed by atoms with Crippen molar-refractivity contribution in [2.45, 2.75) is 46.7 Å². The van der Waals surface area contributed by atoms with E-state index in [0.29, 0.717) is 64.9 Å². The molecule has 2 aromatic heterocycles. The summed E-state index contributed by atoms with van der Waals surface area (Å²) in [5.74, 6) is 1.64. The Kier molecular flexibility index (Phi) is 12.3. The number of amides is 2. The van der Waals surface area contributed by atoms with Crippen LogP contribution in [0, 0.1) is 13.8 Å². The second-order valence-electron chi connectivity index (χ2n) is 7.88. The summed E-state index contributed by atoms with van der Waals surface area (Å²) in [4.78, 5) is 44.5. The molecule has 0 spiro atoms. The first-order chi connectivity index (χ1) is 17.7. The average Bonchev–Trinajstić information content (AvgIpc) is 2.86. The highest BCUT2D eigenvalue weighted by Crippen LogP contribution is 2.41. The first-order valence-corrected chi connectivity index (χ1v) is 13.4. The fourth-order valence-corrected chi connectivity index (χ4v) is 5.66. The predicted octanol–water partition coefficient (Wildman–Crippen LogP) is 1.88. The minimum atomic E-state index is -0.132. The third kappa shape index (κ3) is 9.31. The van der Waals surface area contributed by atoms with Crippen molar-refractivity contribution in [3.8, 4) is 0 Å². The van der Waals surface area contributed by atoms with Crippen LogP contribution in [-0.2, 0) is 22.7 Å². The fourth-order valence-electron chi connectivity index (χ4n) is 3.07. The van der Waals surface area contributed by atoms with E-state index in [0.717, 1.165) is 4.91 Å². The maximum atomic E-state index is 11.9. The standard InChI is InChI=1S/C23H32N8O4S2/c1-15(31(14-35)11-19-9-27-17(3)29-23(19)25)21(5-7-33)37-36-20(4-6-32)12-30(13-34)10-18-8-26-16(2)28-22(18)24/h8-9,12-14,32-33H,4-7,10-11H2,1-3H3,(H2,24,26,28)(H2,25,27,29)/b20-12+,21-15+. The van der Waals surface area contributed by atoms with Gasteiger partial charge in [0, 0.05) is 71.3 Å². The number of hydrogen-bond donors (Lipinski definition) is 4. The van der Waals surface area contributed by atoms with Crippen LogP contribution in [0.3, 0.4) is 0 Å². The Morgan fingerprint density at radius 3 is 1.97 bits per heavy atom. The van der Waals surface area contributed by atoms with Gasteiger partial charge in [0.2, 0.25) is 12.8 Å². The Morgan fingerprint density at radius 2 is 1.49 bits per heavy atom. The molecule has 0 aliphatic rings. The molecule has 14 heteroatoms. The molecular weight excluding hydrogens is 516 g/mol. The number of aliphatic hydroxyl groups excluding tert-OH is 2. The van der Waals surface area contributed by atoms with Gasteiger partial charge in [0.05, 0.1) is 13.1 Å². The van der Waals surface area contributed by atoms with Crippen molar-refractivity contribution in [1.82, 2.24) is 29.7 Å². The van der Waals surface area contributed by atoms with Gasteiger partial charge in [-0.15, -0.1) is 0 Å². The Labute approximate surface area is 223 Å². The molecule has 0 aromatic carbocycles. The monoisotopic (exact) mass is 548 g/mol. The summed E-state index contributed by atoms with van der Waals surface area (Å²) in [6.45, 7) is 5.28. The fraction of sp³-hybridized carbons (Fsp3) is 0.391. The minimum Gasteiger partial charge on any atom is -0.396 e. The lowest BCUT2D eigenvalue weighted by atomic mass is 10.2. The summed E-state index contributed by atoms with van der Waals surface area (Å²) in [5.41, 5.74) is 13.7. The van der Waals surface area contributed by atoms with Crippen molar-refractivity contribution in [3.05, 3.63) is 56.9 Å². The highest BCUT2D eigenvalue weighted by atomic mass is 33.1. The van der Waals surface area contributed by atoms with Crippen LogP contribution in [0.5, 0.6) is 0 Å². The summed E-state index contributed by atoms with van der Waals surface area (Å²) >= 11 is 0. The molecule has 200 valence electrons. The number of nitrogens with zero attached hydrogens (tertiary/aromatic N) is 6. The molecule has 37 heavy (non-hydrogen) atoms. The van der Waals surface area contributed by atoms with Gasteiger partial charge in [-0.1, -0.05) is 21.6 Å². The molecule has 6 N–H and O–H groups in total. The van der Waals surface area contributed by atoms with Gasteiger partial charge in [0.1, 0.15) is 23.3 Å². The van der Waals surface area contributed by atoms with E-state index in [1.165, 1.54) is 31.4 Å². The highest BCUT2D eigenvalue weighted by Gasteiger charge is 2.16. The number of hydrogen-bond acceptors (Lipinski definition) is 12. The van der Waals surface area contributed by atoms with Gasteiger partial charge in [-0.2, -0.15) is 0 Å². The summed E-state index contributed by atoms with van der Waals surface area (Å²) in [6.07, 6.45) is 6.70. The molecule has 0 radical (unpaired) electrons. The quantitative estimate of drug-likeness (QED) is 0.187. The van der Waals surface area contributed by atoms with Crippen molar-refractivity contribution in [1.29, 1.82) is 0 Å². The number of aliphatic hydroxyl groups is 2. The largest absolute Gasteiger partial charge is 0.396 e. The van der Waals surface area contributed by atoms with Crippen LogP contribution >= 0.6 is 21.6 Å². The molecule has 0 saturated heterocycles. The normalized spacial score (nSPS) is 12.2. The zero-order chi connectivity index (χ0) is 27.4. The number of aryl methyl sites for hydroxylation is 2. The Balaban J connectivity index is 2.23. The number of nitrogen functional groups attached to an aromatic ring is 2. The zero-order valence-electron chi connectivity index (χ0n) is 21.0. The second-order valence-corrected chi connectivity index (χ2v) is 10.2. The van der Waals surface area contributed by atoms with Crippen LogP contribution in [0.2, 0.25) is 0 Å². The third-order valence-electron chi connectivity index (χ3n) is 5.08. The maximum absolute atomic E-state index is 11.9. The SMILES string of the molecule is C/C(=C(/CCO)SS/C(=C/N(C=O)Cc1cnc(C)nc1N)CCO)N(C=O)Cc1cnc(C)nc1N. The second kappa shape index (κ2) is 15.1. The van der Waals surface area contributed by atoms with Crippen LogP contribution < -0.4 is 11.5 Å². The number of carbonyl (C=O) groups is 2. The third-order valence-corrected chi connectivity index (χ3v) is 7.89. The maximum Gasteiger partial charge on any atom is 0.214 e. The zero-order valence-corrected chi connectivity index (χ0v) is 22.6. The van der Waals surface area contributed by atoms with E-state index in [4.69, 9.17) is 11.5 Å². The number of rotatable bonds is 15. The van der Waals surface area contributed by atoms with E-state index < -0.39 is 0 Å². The molecule has 0 fully saturated rings. The molecule has 0 aliphatic carbocycles. The minimum absolute atomic E-state index is 0.130. The number of nitrogens with two attached hydrogens (primary N) is 2. The smallest absolute Gasteiger partial charge is 0.214 e. The van der Waals surface area contributed by atoms with Crippen LogP contribution in [0.25, 0.3) is 0 Å². The summed E-state index contributed by atoms with van der Waals surface area (Å²) in [6, 6.07) is 0. The molecule has 0 aliphatic heterocycles. The van der Waals surface area contributed by atoms with E-state index >= 15 is 0 Å². The van der Waals surface area contributed by atoms with Crippen molar-refractivity contribution in [3.63, 3.8) is 0 Å². The molecule has 2 amide bonds. The van der Waals surface area contributed by atoms with Gasteiger partial charge >= 0.3 is 0 Å². The van der Waals surface area contributed by atoms with Crippen LogP contribution in [0.15, 0.2) is 34.1 Å². The van der Waals surface area contributed by atoms with E-state index in [9.17, 15) is 19.8 Å². The van der Waals surface area contributed by atoms with Gasteiger partial charge in [-0.05, 0) is 20.8 Å². The molecule has 0 bridgehead atoms. The number of aromatic nitrogens is 4. The summed E-state index contributed by atoms with van der Waals surface area (Å²) in [5, 5.41) is 19.2. The van der Waals surface area contributed by atoms with Crippen LogP contribution in [0.1, 0.15) is 42.5 Å². The van der Waals surface area contributed by atoms with Gasteiger partial charge < -0.3 is 31.5 Å². The van der Waals surface area contributed by atoms with Crippen molar-refractivity contribution in [2.75, 3.05) is 24.7 Å². The molecule has 2 rings (SSSR count). The van der Waals surface area contributed by atoms with Crippen LogP contribution in [0.4, 0.5) is 11.6 Å². The number of allylic oxidation sites excluding steroid dienone is 1. The first kappa shape index (κ1) is 30.0. The van der Waals surface area contributed by atoms with E-state index in [-0.39, 0.29) is 32.1 Å². The van der Waals surface area contributed by atoms with E-state index in [2.05, 4.69) is 19.9 Å². The lowest BCUT2D eigenvalue weighted by Crippen LogP contribution is -2.21. The van der Waals surface area contributed by atoms with Crippen molar-refractivity contribution >= 4 is 46.0 Å². The average molecular weight is 549 g/mol. The van der Waals surface area contributed by atoms with Crippen molar-refractivity contribution in [2.24, 2.45) is 0 Å². The Bertz CT molecular complexity index is 1150. The molecule has 2 heterocycles. The van der Waals surface area contributed by atoms with Gasteiger partial charge in [0.15, 0.2) is 0 Å². The lowest BCUT2D eigenvalue weighted by molar-refractivity contribution is -0.117. The topological polar surface area (TPSA) is 185 Å². The van der Waals surface area contributed by atoms with E-state index in [1.54, 1.807) is 39.4 Å². The molecular formula is C23H32N8O4S2. The van der Waals surface area contributed by atoms with Gasteiger partial charge in [-0.3, -0.25) is 9.59 Å². The molecule has 0 unspecified atom stereocenters. The molecule has 0 atom stereocenters. The summed E-state index contributed by atoms with van der Waals surface area (Å²) < 4.78 is 0. The number of anilines is 2. The Hall–Kier alpha value is -3.20. The van der Waals surface area contributed by atoms with Gasteiger partial charge in [-0.25, -0.2) is 19.9 Å². The van der Waals surface area contributed by atoms with Crippen molar-refractivity contribution < 1.29 is 19.8 Å². The molecule has 12 nitrogen and oxygen atoms in total. The summed E-state index contributed by atoms with van der Waals surface area (Å²) in [7, 11) is 2.65. The van der Waals surface area contributed by atoms with Crippen LogP contribution in [-0.4, -0.2) is 66.0 Å². The first-order valence-electron chi connectivity index (χ1n) is 11.3.